The van der Waals surface area contributed by atoms with Crippen LogP contribution >= 0.6 is 0 Å². The number of nitrogens with zero attached hydrogens (tertiary/aromatic N) is 2. The van der Waals surface area contributed by atoms with Gasteiger partial charge in [-0.15, -0.1) is 0 Å². The van der Waals surface area contributed by atoms with E-state index in [1.165, 1.54) is 23.2 Å². The molecule has 112 valence electrons. The van der Waals surface area contributed by atoms with Gasteiger partial charge in [-0.3, -0.25) is 4.79 Å². The van der Waals surface area contributed by atoms with Crippen molar-refractivity contribution in [2.24, 2.45) is 0 Å². The molecule has 1 N–H and O–H groups in total. The number of piperidine rings is 1. The zero-order valence-electron chi connectivity index (χ0n) is 11.2. The first kappa shape index (κ1) is 14.9. The zero-order valence-corrected chi connectivity index (χ0v) is 11.2. The Hall–Kier alpha value is -1.50. The summed E-state index contributed by atoms with van der Waals surface area (Å²) in [5.74, 6) is -0.473. The number of halogens is 3. The Morgan fingerprint density at radius 2 is 2.20 bits per heavy atom. The molecule has 1 aromatic rings. The molecule has 1 fully saturated rings. The number of alkyl halides is 3. The lowest BCUT2D eigenvalue weighted by molar-refractivity contribution is -0.140. The molecule has 1 amide bonds. The van der Waals surface area contributed by atoms with E-state index in [4.69, 9.17) is 0 Å². The van der Waals surface area contributed by atoms with E-state index in [1.54, 1.807) is 6.92 Å². The Morgan fingerprint density at radius 3 is 2.80 bits per heavy atom. The van der Waals surface area contributed by atoms with Crippen molar-refractivity contribution in [3.05, 3.63) is 24.0 Å². The van der Waals surface area contributed by atoms with Gasteiger partial charge in [0.2, 0.25) is 0 Å². The summed E-state index contributed by atoms with van der Waals surface area (Å²) in [5.41, 5.74) is -0.977. The minimum Gasteiger partial charge on any atom is -0.388 e. The molecule has 0 radical (unpaired) electrons. The number of aliphatic hydroxyl groups is 1. The van der Waals surface area contributed by atoms with Gasteiger partial charge in [-0.1, -0.05) is 0 Å². The van der Waals surface area contributed by atoms with Crippen LogP contribution in [0.15, 0.2) is 18.3 Å². The van der Waals surface area contributed by atoms with Crippen LogP contribution in [0, 0.1) is 0 Å². The van der Waals surface area contributed by atoms with Crippen molar-refractivity contribution in [1.29, 1.82) is 0 Å². The topological polar surface area (TPSA) is 45.5 Å². The fraction of sp³-hybridized carbons (Fsp3) is 0.615. The van der Waals surface area contributed by atoms with Crippen molar-refractivity contribution in [2.75, 3.05) is 13.1 Å². The Kier molecular flexibility index (Phi) is 3.82. The van der Waals surface area contributed by atoms with Gasteiger partial charge in [-0.05, 0) is 31.9 Å². The summed E-state index contributed by atoms with van der Waals surface area (Å²) in [6.07, 6.45) is -1.91. The number of hydrogen-bond donors (Lipinski definition) is 1. The summed E-state index contributed by atoms with van der Waals surface area (Å²) in [6, 6.07) is 2.79. The minimum atomic E-state index is -4.37. The van der Waals surface area contributed by atoms with Gasteiger partial charge in [0, 0.05) is 19.3 Å². The molecular weight excluding hydrogens is 273 g/mol. The van der Waals surface area contributed by atoms with Gasteiger partial charge < -0.3 is 14.6 Å². The van der Waals surface area contributed by atoms with Crippen molar-refractivity contribution in [1.82, 2.24) is 9.47 Å². The summed E-state index contributed by atoms with van der Waals surface area (Å²) in [6.45, 7) is 1.03. The van der Waals surface area contributed by atoms with Crippen LogP contribution in [0.2, 0.25) is 0 Å². The third kappa shape index (κ3) is 3.53. The van der Waals surface area contributed by atoms with Crippen molar-refractivity contribution < 1.29 is 23.1 Å². The smallest absolute Gasteiger partial charge is 0.388 e. The van der Waals surface area contributed by atoms with Crippen LogP contribution in [-0.2, 0) is 6.54 Å². The second-order valence-electron chi connectivity index (χ2n) is 5.46. The number of carbonyl (C=O) groups is 1. The van der Waals surface area contributed by atoms with Gasteiger partial charge in [0.25, 0.3) is 5.91 Å². The van der Waals surface area contributed by atoms with E-state index in [0.717, 1.165) is 4.57 Å². The maximum Gasteiger partial charge on any atom is 0.406 e. The highest BCUT2D eigenvalue weighted by Gasteiger charge is 2.34. The molecule has 1 saturated heterocycles. The molecule has 2 rings (SSSR count). The molecule has 0 saturated carbocycles. The zero-order chi connectivity index (χ0) is 15.0. The molecule has 2 heterocycles. The molecule has 4 nitrogen and oxygen atoms in total. The highest BCUT2D eigenvalue weighted by molar-refractivity contribution is 5.93. The molecule has 20 heavy (non-hydrogen) atoms. The summed E-state index contributed by atoms with van der Waals surface area (Å²) in [5, 5.41) is 9.97. The first-order valence-electron chi connectivity index (χ1n) is 6.41. The third-order valence-corrected chi connectivity index (χ3v) is 3.36. The highest BCUT2D eigenvalue weighted by atomic mass is 19.4. The summed E-state index contributed by atoms with van der Waals surface area (Å²) in [7, 11) is 0. The Labute approximate surface area is 114 Å². The van der Waals surface area contributed by atoms with Crippen molar-refractivity contribution in [3.63, 3.8) is 0 Å². The standard InChI is InChI=1S/C13H17F3N2O2/c1-12(20)5-3-7-18(8-12)11(19)10-4-2-6-17(10)9-13(14,15)16/h2,4,6,20H,3,5,7-9H2,1H3. The molecule has 0 aliphatic carbocycles. The molecule has 7 heteroatoms. The largest absolute Gasteiger partial charge is 0.406 e. The Bertz CT molecular complexity index is 494. The van der Waals surface area contributed by atoms with Gasteiger partial charge in [0.15, 0.2) is 0 Å². The van der Waals surface area contributed by atoms with Crippen LogP contribution in [0.1, 0.15) is 30.3 Å². The second kappa shape index (κ2) is 5.12. The number of hydrogen-bond acceptors (Lipinski definition) is 2. The van der Waals surface area contributed by atoms with Crippen LogP contribution in [0.4, 0.5) is 13.2 Å². The molecule has 1 unspecified atom stereocenters. The first-order chi connectivity index (χ1) is 9.18. The van der Waals surface area contributed by atoms with E-state index in [1.807, 2.05) is 0 Å². The van der Waals surface area contributed by atoms with Crippen molar-refractivity contribution >= 4 is 5.91 Å². The Balaban J connectivity index is 2.15. The maximum atomic E-state index is 12.4. The lowest BCUT2D eigenvalue weighted by Crippen LogP contribution is -2.49. The van der Waals surface area contributed by atoms with Crippen molar-refractivity contribution in [2.45, 2.75) is 38.1 Å². The normalized spacial score (nSPS) is 23.9. The van der Waals surface area contributed by atoms with Gasteiger partial charge in [0.05, 0.1) is 5.60 Å². The SMILES string of the molecule is CC1(O)CCCN(C(=O)c2cccn2CC(F)(F)F)C1. The predicted octanol–water partition coefficient (Wildman–Crippen LogP) is 2.04. The summed E-state index contributed by atoms with van der Waals surface area (Å²) in [4.78, 5) is 13.7. The quantitative estimate of drug-likeness (QED) is 0.906. The van der Waals surface area contributed by atoms with Crippen LogP contribution in [0.3, 0.4) is 0 Å². The van der Waals surface area contributed by atoms with Gasteiger partial charge in [-0.25, -0.2) is 0 Å². The highest BCUT2D eigenvalue weighted by Crippen LogP contribution is 2.23. The molecule has 0 aromatic carbocycles. The molecule has 1 aliphatic rings. The van der Waals surface area contributed by atoms with E-state index >= 15 is 0 Å². The molecule has 1 aromatic heterocycles. The van der Waals surface area contributed by atoms with E-state index in [0.29, 0.717) is 19.4 Å². The average Bonchev–Trinajstić information content (AvgIpc) is 2.72. The number of carbonyl (C=O) groups excluding carboxylic acids is 1. The van der Waals surface area contributed by atoms with Gasteiger partial charge in [-0.2, -0.15) is 13.2 Å². The average molecular weight is 290 g/mol. The lowest BCUT2D eigenvalue weighted by Gasteiger charge is -2.36. The lowest BCUT2D eigenvalue weighted by atomic mass is 9.95. The van der Waals surface area contributed by atoms with Crippen LogP contribution in [0.5, 0.6) is 0 Å². The molecule has 1 atom stereocenters. The fourth-order valence-electron chi connectivity index (χ4n) is 2.49. The summed E-state index contributed by atoms with van der Waals surface area (Å²) < 4.78 is 38.2. The number of likely N-dealkylation sites (tertiary alicyclic amines) is 1. The van der Waals surface area contributed by atoms with Gasteiger partial charge in [0.1, 0.15) is 12.2 Å². The second-order valence-corrected chi connectivity index (χ2v) is 5.46. The van der Waals surface area contributed by atoms with E-state index < -0.39 is 24.2 Å². The van der Waals surface area contributed by atoms with Gasteiger partial charge >= 0.3 is 6.18 Å². The number of β-amino-alcohol motifs (C(OH)–C–C–N with tert-alkyl or cyclic N) is 1. The fourth-order valence-corrected chi connectivity index (χ4v) is 2.49. The molecule has 0 spiro atoms. The molecule has 0 bridgehead atoms. The minimum absolute atomic E-state index is 0.0000231. The number of amides is 1. The first-order valence-corrected chi connectivity index (χ1v) is 6.41. The Morgan fingerprint density at radius 1 is 1.50 bits per heavy atom. The monoisotopic (exact) mass is 290 g/mol. The summed E-state index contributed by atoms with van der Waals surface area (Å²) >= 11 is 0. The molecular formula is C13H17F3N2O2. The van der Waals surface area contributed by atoms with Crippen molar-refractivity contribution in [3.8, 4) is 0 Å². The van der Waals surface area contributed by atoms with Crippen LogP contribution in [0.25, 0.3) is 0 Å². The molecule has 1 aliphatic heterocycles. The van der Waals surface area contributed by atoms with E-state index in [2.05, 4.69) is 0 Å². The van der Waals surface area contributed by atoms with E-state index in [9.17, 15) is 23.1 Å². The number of aromatic nitrogens is 1. The predicted molar refractivity (Wildman–Crippen MR) is 66.2 cm³/mol. The van der Waals surface area contributed by atoms with Crippen LogP contribution in [-0.4, -0.2) is 45.3 Å². The third-order valence-electron chi connectivity index (χ3n) is 3.36. The number of rotatable bonds is 2. The van der Waals surface area contributed by atoms with Crippen LogP contribution < -0.4 is 0 Å². The maximum absolute atomic E-state index is 12.4. The van der Waals surface area contributed by atoms with E-state index in [-0.39, 0.29) is 12.2 Å².